The van der Waals surface area contributed by atoms with Crippen LogP contribution >= 0.6 is 35.3 Å². The molecule has 0 radical (unpaired) electrons. The normalized spacial score (nSPS) is 16.2. The van der Waals surface area contributed by atoms with Gasteiger partial charge >= 0.3 is 0 Å². The molecule has 0 spiro atoms. The number of halogens is 1. The van der Waals surface area contributed by atoms with E-state index in [9.17, 15) is 8.42 Å². The average molecular weight is 530 g/mol. The summed E-state index contributed by atoms with van der Waals surface area (Å²) in [6.07, 6.45) is 1.22. The Kier molecular flexibility index (Phi) is 11.8. The molecule has 1 aromatic heterocycles. The molecule has 1 saturated heterocycles. The molecule has 0 amide bonds. The lowest BCUT2D eigenvalue weighted by molar-refractivity contribution is 0.155. The largest absolute Gasteiger partial charge is 0.378 e. The van der Waals surface area contributed by atoms with Gasteiger partial charge in [0.15, 0.2) is 5.96 Å². The zero-order valence-corrected chi connectivity index (χ0v) is 20.1. The van der Waals surface area contributed by atoms with Crippen molar-refractivity contribution in [1.82, 2.24) is 15.1 Å². The number of rotatable bonds is 9. The van der Waals surface area contributed by atoms with Gasteiger partial charge in [0, 0.05) is 50.4 Å². The SMILES string of the molecule is CCNC(=NCCOCCS(C)(=O)=O)N1CCN(Cc2cccs2)CC1.I. The fourth-order valence-corrected chi connectivity index (χ4v) is 3.86. The van der Waals surface area contributed by atoms with E-state index in [2.05, 4.69) is 44.5 Å². The van der Waals surface area contributed by atoms with Crippen LogP contribution in [0.5, 0.6) is 0 Å². The zero-order valence-electron chi connectivity index (χ0n) is 16.1. The van der Waals surface area contributed by atoms with Crippen LogP contribution in [-0.2, 0) is 21.1 Å². The van der Waals surface area contributed by atoms with Gasteiger partial charge in [0.1, 0.15) is 9.84 Å². The molecule has 2 rings (SSSR count). The minimum atomic E-state index is -2.96. The molecule has 0 saturated carbocycles. The quantitative estimate of drug-likeness (QED) is 0.226. The predicted molar refractivity (Wildman–Crippen MR) is 123 cm³/mol. The van der Waals surface area contributed by atoms with E-state index in [0.29, 0.717) is 13.2 Å². The average Bonchev–Trinajstić information content (AvgIpc) is 3.10. The third-order valence-corrected chi connectivity index (χ3v) is 5.83. The van der Waals surface area contributed by atoms with E-state index in [-0.39, 0.29) is 36.3 Å². The lowest BCUT2D eigenvalue weighted by atomic mass is 10.3. The highest BCUT2D eigenvalue weighted by Crippen LogP contribution is 2.13. The molecule has 0 aromatic carbocycles. The molecule has 0 aliphatic carbocycles. The fraction of sp³-hybridized carbons (Fsp3) is 0.706. The van der Waals surface area contributed by atoms with Gasteiger partial charge in [-0.2, -0.15) is 0 Å². The second-order valence-corrected chi connectivity index (χ2v) is 9.61. The number of nitrogens with one attached hydrogen (secondary N) is 1. The molecule has 0 unspecified atom stereocenters. The molecule has 0 bridgehead atoms. The van der Waals surface area contributed by atoms with Crippen LogP contribution in [0, 0.1) is 0 Å². The minimum Gasteiger partial charge on any atom is -0.378 e. The van der Waals surface area contributed by atoms with E-state index in [1.54, 1.807) is 0 Å². The Morgan fingerprint density at radius 2 is 2.04 bits per heavy atom. The number of hydrogen-bond acceptors (Lipinski definition) is 6. The highest BCUT2D eigenvalue weighted by atomic mass is 127. The highest BCUT2D eigenvalue weighted by molar-refractivity contribution is 14.0. The van der Waals surface area contributed by atoms with Gasteiger partial charge in [-0.15, -0.1) is 35.3 Å². The lowest BCUT2D eigenvalue weighted by Crippen LogP contribution is -2.52. The molecule has 1 N–H and O–H groups in total. The Hall–Kier alpha value is -0.430. The summed E-state index contributed by atoms with van der Waals surface area (Å²) in [5.41, 5.74) is 0. The van der Waals surface area contributed by atoms with Crippen LogP contribution < -0.4 is 5.32 Å². The molecular weight excluding hydrogens is 499 g/mol. The molecule has 10 heteroatoms. The monoisotopic (exact) mass is 530 g/mol. The van der Waals surface area contributed by atoms with E-state index in [1.807, 2.05) is 11.3 Å². The van der Waals surface area contributed by atoms with Crippen LogP contribution in [0.2, 0.25) is 0 Å². The minimum absolute atomic E-state index is 0. The number of nitrogens with zero attached hydrogens (tertiary/aromatic N) is 3. The summed E-state index contributed by atoms with van der Waals surface area (Å²) < 4.78 is 27.5. The number of sulfone groups is 1. The van der Waals surface area contributed by atoms with Crippen LogP contribution in [-0.4, -0.2) is 88.7 Å². The van der Waals surface area contributed by atoms with Crippen LogP contribution in [0.3, 0.4) is 0 Å². The Morgan fingerprint density at radius 1 is 1.30 bits per heavy atom. The molecule has 1 fully saturated rings. The van der Waals surface area contributed by atoms with Gasteiger partial charge in [-0.25, -0.2) is 8.42 Å². The molecule has 7 nitrogen and oxygen atoms in total. The summed E-state index contributed by atoms with van der Waals surface area (Å²) >= 11 is 1.81. The van der Waals surface area contributed by atoms with Gasteiger partial charge < -0.3 is 15.0 Å². The second kappa shape index (κ2) is 12.9. The summed E-state index contributed by atoms with van der Waals surface area (Å²) in [7, 11) is -2.96. The van der Waals surface area contributed by atoms with Crippen molar-refractivity contribution in [3.8, 4) is 0 Å². The van der Waals surface area contributed by atoms with E-state index in [4.69, 9.17) is 4.74 Å². The van der Waals surface area contributed by atoms with E-state index in [1.165, 1.54) is 11.1 Å². The summed E-state index contributed by atoms with van der Waals surface area (Å²) in [6.45, 7) is 9.04. The summed E-state index contributed by atoms with van der Waals surface area (Å²) in [5.74, 6) is 0.971. The number of guanidine groups is 1. The first-order chi connectivity index (χ1) is 12.5. The molecule has 1 aliphatic heterocycles. The van der Waals surface area contributed by atoms with Crippen molar-refractivity contribution in [2.45, 2.75) is 13.5 Å². The van der Waals surface area contributed by atoms with Crippen molar-refractivity contribution in [3.05, 3.63) is 22.4 Å². The standard InChI is InChI=1S/C17H30N4O3S2.HI/c1-3-18-17(19-6-11-24-12-14-26(2,22)23)21-9-7-20(8-10-21)15-16-5-4-13-25-16;/h4-5,13H,3,6-12,14-15H2,1-2H3,(H,18,19);1H. The van der Waals surface area contributed by atoms with Crippen molar-refractivity contribution in [3.63, 3.8) is 0 Å². The smallest absolute Gasteiger partial charge is 0.194 e. The third kappa shape index (κ3) is 10.1. The molecule has 27 heavy (non-hydrogen) atoms. The number of thiophene rings is 1. The van der Waals surface area contributed by atoms with Gasteiger partial charge in [-0.05, 0) is 18.4 Å². The number of ether oxygens (including phenoxy) is 1. The first kappa shape index (κ1) is 24.6. The molecule has 2 heterocycles. The van der Waals surface area contributed by atoms with Crippen molar-refractivity contribution in [2.75, 3.05) is 64.5 Å². The zero-order chi connectivity index (χ0) is 18.8. The van der Waals surface area contributed by atoms with Crippen LogP contribution in [0.4, 0.5) is 0 Å². The van der Waals surface area contributed by atoms with Gasteiger partial charge in [0.05, 0.1) is 25.5 Å². The first-order valence-electron chi connectivity index (χ1n) is 9.01. The summed E-state index contributed by atoms with van der Waals surface area (Å²) in [5, 5.41) is 5.46. The van der Waals surface area contributed by atoms with Gasteiger partial charge in [0.25, 0.3) is 0 Å². The van der Waals surface area contributed by atoms with Crippen LogP contribution in [0.25, 0.3) is 0 Å². The third-order valence-electron chi connectivity index (χ3n) is 4.06. The maximum Gasteiger partial charge on any atom is 0.194 e. The van der Waals surface area contributed by atoms with E-state index < -0.39 is 9.84 Å². The Morgan fingerprint density at radius 3 is 2.63 bits per heavy atom. The number of aliphatic imine (C=N–C) groups is 1. The Bertz CT molecular complexity index is 645. The van der Waals surface area contributed by atoms with Crippen molar-refractivity contribution in [2.24, 2.45) is 4.99 Å². The summed E-state index contributed by atoms with van der Waals surface area (Å²) in [4.78, 5) is 10.8. The molecular formula is C17H31IN4O3S2. The maximum absolute atomic E-state index is 11.1. The molecule has 1 aromatic rings. The topological polar surface area (TPSA) is 74.2 Å². The Labute approximate surface area is 184 Å². The summed E-state index contributed by atoms with van der Waals surface area (Å²) in [6, 6.07) is 4.29. The lowest BCUT2D eigenvalue weighted by Gasteiger charge is -2.36. The van der Waals surface area contributed by atoms with Gasteiger partial charge in [-0.3, -0.25) is 9.89 Å². The van der Waals surface area contributed by atoms with Crippen molar-refractivity contribution in [1.29, 1.82) is 0 Å². The predicted octanol–water partition coefficient (Wildman–Crippen LogP) is 1.51. The highest BCUT2D eigenvalue weighted by Gasteiger charge is 2.19. The Balaban J connectivity index is 0.00000364. The maximum atomic E-state index is 11.1. The molecule has 1 aliphatic rings. The molecule has 156 valence electrons. The van der Waals surface area contributed by atoms with Gasteiger partial charge in [-0.1, -0.05) is 6.07 Å². The van der Waals surface area contributed by atoms with Crippen LogP contribution in [0.1, 0.15) is 11.8 Å². The number of piperazine rings is 1. The van der Waals surface area contributed by atoms with E-state index >= 15 is 0 Å². The van der Waals surface area contributed by atoms with Crippen LogP contribution in [0.15, 0.2) is 22.5 Å². The number of hydrogen-bond donors (Lipinski definition) is 1. The van der Waals surface area contributed by atoms with Crippen molar-refractivity contribution >= 4 is 51.1 Å². The van der Waals surface area contributed by atoms with Gasteiger partial charge in [0.2, 0.25) is 0 Å². The fourth-order valence-electron chi connectivity index (χ4n) is 2.69. The first-order valence-corrected chi connectivity index (χ1v) is 12.0. The molecule has 0 atom stereocenters. The van der Waals surface area contributed by atoms with E-state index in [0.717, 1.165) is 45.2 Å². The second-order valence-electron chi connectivity index (χ2n) is 6.32. The van der Waals surface area contributed by atoms with Crippen molar-refractivity contribution < 1.29 is 13.2 Å².